The number of hydrogen-bond donors (Lipinski definition) is 0. The molecule has 1 amide bonds. The molecule has 0 aliphatic carbocycles. The fraction of sp³-hybridized carbons (Fsp3) is 0.486. The van der Waals surface area contributed by atoms with Crippen LogP contribution in [0.5, 0.6) is 17.2 Å². The Labute approximate surface area is 260 Å². The van der Waals surface area contributed by atoms with Crippen LogP contribution in [0.1, 0.15) is 65.0 Å². The number of ketones is 1. The third-order valence-electron chi connectivity index (χ3n) is 8.21. The van der Waals surface area contributed by atoms with E-state index in [1.807, 2.05) is 36.3 Å². The number of methoxy groups -OCH3 is 3. The molecule has 0 bridgehead atoms. The number of amides is 1. The van der Waals surface area contributed by atoms with Gasteiger partial charge in [-0.3, -0.25) is 14.5 Å². The monoisotopic (exact) mass is 606 g/mol. The highest BCUT2D eigenvalue weighted by Gasteiger charge is 2.31. The molecular weight excluding hydrogens is 560 g/mol. The fourth-order valence-corrected chi connectivity index (χ4v) is 6.69. The van der Waals surface area contributed by atoms with E-state index in [1.54, 1.807) is 21.3 Å². The molecule has 7 nitrogen and oxygen atoms in total. The molecule has 43 heavy (non-hydrogen) atoms. The topological polar surface area (TPSA) is 68.3 Å². The van der Waals surface area contributed by atoms with Crippen LogP contribution in [0.2, 0.25) is 0 Å². The summed E-state index contributed by atoms with van der Waals surface area (Å²) in [6.45, 7) is 9.72. The van der Waals surface area contributed by atoms with Gasteiger partial charge in [-0.25, -0.2) is 0 Å². The Morgan fingerprint density at radius 3 is 2.16 bits per heavy atom. The Hall–Kier alpha value is -3.36. The first kappa shape index (κ1) is 32.6. The summed E-state index contributed by atoms with van der Waals surface area (Å²) in [6, 6.07) is 14.6. The number of benzene rings is 2. The molecule has 1 saturated heterocycles. The minimum Gasteiger partial charge on any atom is -0.493 e. The summed E-state index contributed by atoms with van der Waals surface area (Å²) in [5.74, 6) is 2.16. The molecule has 8 heteroatoms. The zero-order valence-corrected chi connectivity index (χ0v) is 27.4. The summed E-state index contributed by atoms with van der Waals surface area (Å²) in [5.41, 5.74) is 4.33. The van der Waals surface area contributed by atoms with Crippen LogP contribution in [0.15, 0.2) is 47.8 Å². The lowest BCUT2D eigenvalue weighted by atomic mass is 9.82. The van der Waals surface area contributed by atoms with E-state index < -0.39 is 5.41 Å². The quantitative estimate of drug-likeness (QED) is 0.193. The summed E-state index contributed by atoms with van der Waals surface area (Å²) in [6.07, 6.45) is 3.61. The van der Waals surface area contributed by atoms with Gasteiger partial charge in [-0.1, -0.05) is 49.7 Å². The second-order valence-electron chi connectivity index (χ2n) is 12.2. The third kappa shape index (κ3) is 8.61. The van der Waals surface area contributed by atoms with Gasteiger partial charge in [0.1, 0.15) is 0 Å². The van der Waals surface area contributed by atoms with Gasteiger partial charge in [0, 0.05) is 51.1 Å². The minimum atomic E-state index is -0.415. The number of thiophene rings is 1. The average Bonchev–Trinajstić information content (AvgIpc) is 3.46. The molecule has 0 saturated carbocycles. The van der Waals surface area contributed by atoms with Crippen LogP contribution >= 0.6 is 11.3 Å². The third-order valence-corrected chi connectivity index (χ3v) is 9.20. The van der Waals surface area contributed by atoms with Crippen molar-refractivity contribution in [3.05, 3.63) is 75.0 Å². The maximum atomic E-state index is 13.4. The molecule has 0 atom stereocenters. The molecule has 1 aliphatic heterocycles. The number of carbonyl (C=O) groups excluding carboxylic acids is 2. The van der Waals surface area contributed by atoms with Crippen molar-refractivity contribution in [3.8, 4) is 17.2 Å². The Balaban J connectivity index is 1.26. The summed E-state index contributed by atoms with van der Waals surface area (Å²) in [7, 11) is 4.85. The summed E-state index contributed by atoms with van der Waals surface area (Å²) < 4.78 is 16.6. The van der Waals surface area contributed by atoms with Crippen LogP contribution in [0.3, 0.4) is 0 Å². The number of rotatable bonds is 14. The number of Topliss-reactive ketones (excluding diaryl/α,β-unsaturated/α-hetero) is 1. The molecule has 1 fully saturated rings. The van der Waals surface area contributed by atoms with Crippen molar-refractivity contribution in [2.75, 3.05) is 47.5 Å². The molecule has 0 spiro atoms. The van der Waals surface area contributed by atoms with Crippen molar-refractivity contribution >= 4 is 23.0 Å². The molecule has 4 rings (SSSR count). The smallest absolute Gasteiger partial charge is 0.223 e. The maximum absolute atomic E-state index is 13.4. The number of ether oxygens (including phenoxy) is 3. The van der Waals surface area contributed by atoms with E-state index in [0.29, 0.717) is 49.7 Å². The first-order chi connectivity index (χ1) is 20.6. The predicted octanol–water partition coefficient (Wildman–Crippen LogP) is 6.59. The highest BCUT2D eigenvalue weighted by molar-refractivity contribution is 7.12. The van der Waals surface area contributed by atoms with Crippen LogP contribution in [-0.4, -0.2) is 69.0 Å². The first-order valence-electron chi connectivity index (χ1n) is 15.1. The first-order valence-corrected chi connectivity index (χ1v) is 15.9. The number of nitrogens with zero attached hydrogens (tertiary/aromatic N) is 2. The lowest BCUT2D eigenvalue weighted by Gasteiger charge is -2.36. The Morgan fingerprint density at radius 2 is 1.51 bits per heavy atom. The largest absolute Gasteiger partial charge is 0.493 e. The number of carbonyl (C=O) groups is 2. The second kappa shape index (κ2) is 14.9. The van der Waals surface area contributed by atoms with Gasteiger partial charge in [-0.2, -0.15) is 0 Å². The second-order valence-corrected chi connectivity index (χ2v) is 13.1. The zero-order chi connectivity index (χ0) is 31.0. The Kier molecular flexibility index (Phi) is 11.3. The fourth-order valence-electron chi connectivity index (χ4n) is 5.80. The Morgan fingerprint density at radius 1 is 0.814 bits per heavy atom. The average molecular weight is 607 g/mol. The van der Waals surface area contributed by atoms with Crippen LogP contribution < -0.4 is 14.2 Å². The van der Waals surface area contributed by atoms with Gasteiger partial charge in [0.2, 0.25) is 11.7 Å². The molecule has 1 aliphatic rings. The minimum absolute atomic E-state index is 0.116. The van der Waals surface area contributed by atoms with Crippen LogP contribution in [0, 0.1) is 12.3 Å². The van der Waals surface area contributed by atoms with E-state index >= 15 is 0 Å². The predicted molar refractivity (Wildman–Crippen MR) is 173 cm³/mol. The van der Waals surface area contributed by atoms with Crippen molar-refractivity contribution in [2.24, 2.45) is 5.41 Å². The lowest BCUT2D eigenvalue weighted by molar-refractivity contribution is -0.135. The zero-order valence-electron chi connectivity index (χ0n) is 26.5. The maximum Gasteiger partial charge on any atom is 0.223 e. The van der Waals surface area contributed by atoms with Crippen LogP contribution in [0.4, 0.5) is 0 Å². The molecular formula is C35H46N2O5S. The molecule has 2 aromatic carbocycles. The molecule has 1 aromatic heterocycles. The van der Waals surface area contributed by atoms with Gasteiger partial charge in [-0.05, 0) is 60.2 Å². The number of hydrogen-bond acceptors (Lipinski definition) is 7. The summed E-state index contributed by atoms with van der Waals surface area (Å²) in [4.78, 5) is 31.8. The van der Waals surface area contributed by atoms with E-state index in [0.717, 1.165) is 48.4 Å². The molecule has 3 aromatic rings. The van der Waals surface area contributed by atoms with Gasteiger partial charge in [0.15, 0.2) is 17.3 Å². The van der Waals surface area contributed by atoms with Crippen molar-refractivity contribution in [1.29, 1.82) is 0 Å². The standard InChI is InChI=1S/C35H46N2O5S/c1-25-10-12-26(13-11-25)8-7-9-27-16-21-43-34(27)29(38)22-35(2,3)23-31(39)37-19-17-36(18-20-37)24-28-14-15-30(40-4)33(42-6)32(28)41-5/h10-16,21H,7-9,17-20,22-24H2,1-6H3. The van der Waals surface area contributed by atoms with Crippen LogP contribution in [0.25, 0.3) is 0 Å². The molecule has 0 radical (unpaired) electrons. The van der Waals surface area contributed by atoms with Crippen molar-refractivity contribution in [1.82, 2.24) is 9.80 Å². The lowest BCUT2D eigenvalue weighted by Crippen LogP contribution is -2.49. The van der Waals surface area contributed by atoms with Gasteiger partial charge in [-0.15, -0.1) is 11.3 Å². The van der Waals surface area contributed by atoms with E-state index in [4.69, 9.17) is 14.2 Å². The van der Waals surface area contributed by atoms with Crippen molar-refractivity contribution in [2.45, 2.75) is 59.4 Å². The molecule has 0 N–H and O–H groups in total. The van der Waals surface area contributed by atoms with Gasteiger partial charge in [0.05, 0.1) is 26.2 Å². The van der Waals surface area contributed by atoms with Crippen LogP contribution in [-0.2, 0) is 24.2 Å². The number of piperazine rings is 1. The van der Waals surface area contributed by atoms with E-state index in [-0.39, 0.29) is 11.7 Å². The van der Waals surface area contributed by atoms with E-state index in [9.17, 15) is 9.59 Å². The van der Waals surface area contributed by atoms with Crippen molar-refractivity contribution < 1.29 is 23.8 Å². The normalized spacial score (nSPS) is 14.0. The van der Waals surface area contributed by atoms with E-state index in [2.05, 4.69) is 42.2 Å². The highest BCUT2D eigenvalue weighted by atomic mass is 32.1. The highest BCUT2D eigenvalue weighted by Crippen LogP contribution is 2.40. The van der Waals surface area contributed by atoms with Gasteiger partial charge in [0.25, 0.3) is 0 Å². The molecule has 0 unspecified atom stereocenters. The summed E-state index contributed by atoms with van der Waals surface area (Å²) >= 11 is 1.53. The number of aryl methyl sites for hydroxylation is 3. The van der Waals surface area contributed by atoms with E-state index in [1.165, 1.54) is 22.5 Å². The van der Waals surface area contributed by atoms with Gasteiger partial charge < -0.3 is 19.1 Å². The molecule has 232 valence electrons. The molecule has 2 heterocycles. The SMILES string of the molecule is COc1ccc(CN2CCN(C(=O)CC(C)(C)CC(=O)c3sccc3CCCc3ccc(C)cc3)CC2)c(OC)c1OC. The van der Waals surface area contributed by atoms with Crippen molar-refractivity contribution in [3.63, 3.8) is 0 Å². The summed E-state index contributed by atoms with van der Waals surface area (Å²) in [5, 5.41) is 2.02. The van der Waals surface area contributed by atoms with Gasteiger partial charge >= 0.3 is 0 Å². The Bertz CT molecular complexity index is 1370.